The Hall–Kier alpha value is -3.65. The number of furan rings is 1. The van der Waals surface area contributed by atoms with E-state index < -0.39 is 0 Å². The summed E-state index contributed by atoms with van der Waals surface area (Å²) in [7, 11) is 0. The number of hydrogen-bond acceptors (Lipinski definition) is 6. The molecule has 4 rings (SSSR count). The Labute approximate surface area is 176 Å². The summed E-state index contributed by atoms with van der Waals surface area (Å²) in [6.07, 6.45) is 2.38. The Morgan fingerprint density at radius 2 is 2.00 bits per heavy atom. The van der Waals surface area contributed by atoms with Gasteiger partial charge in [0.2, 0.25) is 0 Å². The van der Waals surface area contributed by atoms with Crippen molar-refractivity contribution in [3.05, 3.63) is 72.2 Å². The minimum Gasteiger partial charge on any atom is -0.484 e. The molecular formula is C22H19N3O4S. The zero-order valence-corrected chi connectivity index (χ0v) is 17.0. The Bertz CT molecular complexity index is 1180. The number of nitrogens with one attached hydrogen (secondary N) is 2. The fraction of sp³-hybridized carbons (Fsp3) is 0.136. The molecule has 7 nitrogen and oxygen atoms in total. The predicted molar refractivity (Wildman–Crippen MR) is 116 cm³/mol. The van der Waals surface area contributed by atoms with Crippen LogP contribution in [0.2, 0.25) is 0 Å². The number of aryl methyl sites for hydroxylation is 1. The SMILES string of the molecule is CCc1ccc2nc(NC(=O)COc3cccc(NC(=O)c4ccco4)c3)sc2c1. The zero-order valence-electron chi connectivity index (χ0n) is 16.2. The molecule has 0 unspecified atom stereocenters. The molecule has 2 amide bonds. The molecule has 0 spiro atoms. The summed E-state index contributed by atoms with van der Waals surface area (Å²) in [5.41, 5.74) is 2.62. The summed E-state index contributed by atoms with van der Waals surface area (Å²) in [6.45, 7) is 1.92. The minimum absolute atomic E-state index is 0.175. The van der Waals surface area contributed by atoms with E-state index >= 15 is 0 Å². The van der Waals surface area contributed by atoms with E-state index in [1.54, 1.807) is 36.4 Å². The van der Waals surface area contributed by atoms with Crippen molar-refractivity contribution < 1.29 is 18.7 Å². The number of hydrogen-bond donors (Lipinski definition) is 2. The first kappa shape index (κ1) is 19.7. The lowest BCUT2D eigenvalue weighted by atomic mass is 10.2. The van der Waals surface area contributed by atoms with Gasteiger partial charge in [-0.2, -0.15) is 0 Å². The van der Waals surface area contributed by atoms with Gasteiger partial charge in [0.15, 0.2) is 17.5 Å². The van der Waals surface area contributed by atoms with Crippen molar-refractivity contribution in [2.24, 2.45) is 0 Å². The number of benzene rings is 2. The summed E-state index contributed by atoms with van der Waals surface area (Å²) in [5.74, 6) is -0.00590. The van der Waals surface area contributed by atoms with Gasteiger partial charge in [0.05, 0.1) is 16.5 Å². The van der Waals surface area contributed by atoms with Crippen LogP contribution in [0.3, 0.4) is 0 Å². The van der Waals surface area contributed by atoms with Crippen LogP contribution in [0.25, 0.3) is 10.2 Å². The van der Waals surface area contributed by atoms with E-state index in [0.29, 0.717) is 16.6 Å². The average Bonchev–Trinajstić information content (AvgIpc) is 3.41. The molecule has 0 atom stereocenters. The summed E-state index contributed by atoms with van der Waals surface area (Å²) in [4.78, 5) is 28.7. The highest BCUT2D eigenvalue weighted by Gasteiger charge is 2.11. The number of rotatable bonds is 7. The second-order valence-corrected chi connectivity index (χ2v) is 7.50. The van der Waals surface area contributed by atoms with Crippen molar-refractivity contribution in [1.29, 1.82) is 0 Å². The number of nitrogens with zero attached hydrogens (tertiary/aromatic N) is 1. The molecular weight excluding hydrogens is 402 g/mol. The smallest absolute Gasteiger partial charge is 0.291 e. The normalized spacial score (nSPS) is 10.7. The van der Waals surface area contributed by atoms with Gasteiger partial charge in [-0.3, -0.25) is 14.9 Å². The number of carbonyl (C=O) groups excluding carboxylic acids is 2. The summed E-state index contributed by atoms with van der Waals surface area (Å²) in [6, 6.07) is 16.1. The quantitative estimate of drug-likeness (QED) is 0.450. The number of carbonyl (C=O) groups is 2. The number of ether oxygens (including phenoxy) is 1. The largest absolute Gasteiger partial charge is 0.484 e. The van der Waals surface area contributed by atoms with Crippen LogP contribution in [0, 0.1) is 0 Å². The molecule has 4 aromatic rings. The average molecular weight is 421 g/mol. The summed E-state index contributed by atoms with van der Waals surface area (Å²) < 4.78 is 11.7. The van der Waals surface area contributed by atoms with Crippen LogP contribution >= 0.6 is 11.3 Å². The maximum Gasteiger partial charge on any atom is 0.291 e. The van der Waals surface area contributed by atoms with E-state index in [2.05, 4.69) is 28.6 Å². The number of fused-ring (bicyclic) bond motifs is 1. The molecule has 30 heavy (non-hydrogen) atoms. The lowest BCUT2D eigenvalue weighted by molar-refractivity contribution is -0.118. The van der Waals surface area contributed by atoms with Gasteiger partial charge in [-0.05, 0) is 48.4 Å². The summed E-state index contributed by atoms with van der Waals surface area (Å²) in [5, 5.41) is 6.01. The molecule has 152 valence electrons. The van der Waals surface area contributed by atoms with Crippen molar-refractivity contribution >= 4 is 44.2 Å². The first-order chi connectivity index (χ1) is 14.6. The van der Waals surface area contributed by atoms with Crippen molar-refractivity contribution in [3.63, 3.8) is 0 Å². The Morgan fingerprint density at radius 1 is 1.10 bits per heavy atom. The molecule has 2 aromatic carbocycles. The molecule has 8 heteroatoms. The Morgan fingerprint density at radius 3 is 2.80 bits per heavy atom. The Balaban J connectivity index is 1.34. The molecule has 2 aromatic heterocycles. The van der Waals surface area contributed by atoms with Crippen LogP contribution in [0.5, 0.6) is 5.75 Å². The molecule has 2 N–H and O–H groups in total. The van der Waals surface area contributed by atoms with E-state index in [1.807, 2.05) is 12.1 Å². The molecule has 0 fully saturated rings. The second-order valence-electron chi connectivity index (χ2n) is 6.47. The standard InChI is InChI=1S/C22H19N3O4S/c1-2-14-8-9-17-19(11-14)30-22(24-17)25-20(26)13-29-16-6-3-5-15(12-16)23-21(27)18-7-4-10-28-18/h3-12H,2,13H2,1H3,(H,23,27)(H,24,25,26). The van der Waals surface area contributed by atoms with Crippen LogP contribution in [0.15, 0.2) is 65.3 Å². The molecule has 0 bridgehead atoms. The van der Waals surface area contributed by atoms with Crippen LogP contribution in [0.4, 0.5) is 10.8 Å². The van der Waals surface area contributed by atoms with Gasteiger partial charge in [0, 0.05) is 11.8 Å². The van der Waals surface area contributed by atoms with E-state index in [1.165, 1.54) is 23.2 Å². The van der Waals surface area contributed by atoms with Gasteiger partial charge in [0.1, 0.15) is 5.75 Å². The Kier molecular flexibility index (Phi) is 5.76. The third-order valence-corrected chi connectivity index (χ3v) is 5.25. The van der Waals surface area contributed by atoms with Crippen molar-refractivity contribution in [3.8, 4) is 5.75 Å². The third-order valence-electron chi connectivity index (χ3n) is 4.31. The minimum atomic E-state index is -0.364. The third kappa shape index (κ3) is 4.66. The lowest BCUT2D eigenvalue weighted by Gasteiger charge is -2.08. The molecule has 0 aliphatic carbocycles. The highest BCUT2D eigenvalue weighted by atomic mass is 32.1. The number of thiazole rings is 1. The van der Waals surface area contributed by atoms with Crippen LogP contribution in [0.1, 0.15) is 23.0 Å². The van der Waals surface area contributed by atoms with Gasteiger partial charge in [-0.15, -0.1) is 0 Å². The maximum absolute atomic E-state index is 12.3. The van der Waals surface area contributed by atoms with Crippen LogP contribution in [-0.2, 0) is 11.2 Å². The van der Waals surface area contributed by atoms with Crippen molar-refractivity contribution in [2.75, 3.05) is 17.2 Å². The topological polar surface area (TPSA) is 93.5 Å². The van der Waals surface area contributed by atoms with Crippen molar-refractivity contribution in [1.82, 2.24) is 4.98 Å². The highest BCUT2D eigenvalue weighted by molar-refractivity contribution is 7.22. The molecule has 0 saturated carbocycles. The number of anilines is 2. The van der Waals surface area contributed by atoms with E-state index in [0.717, 1.165) is 16.6 Å². The van der Waals surface area contributed by atoms with Crippen LogP contribution in [-0.4, -0.2) is 23.4 Å². The first-order valence-electron chi connectivity index (χ1n) is 9.38. The maximum atomic E-state index is 12.3. The molecule has 0 aliphatic rings. The molecule has 0 saturated heterocycles. The molecule has 0 radical (unpaired) electrons. The number of amides is 2. The molecule has 0 aliphatic heterocycles. The number of aromatic nitrogens is 1. The fourth-order valence-corrected chi connectivity index (χ4v) is 3.76. The van der Waals surface area contributed by atoms with Crippen LogP contribution < -0.4 is 15.4 Å². The predicted octanol–water partition coefficient (Wildman–Crippen LogP) is 4.72. The van der Waals surface area contributed by atoms with Crippen molar-refractivity contribution in [2.45, 2.75) is 13.3 Å². The monoisotopic (exact) mass is 421 g/mol. The highest BCUT2D eigenvalue weighted by Crippen LogP contribution is 2.27. The van der Waals surface area contributed by atoms with Gasteiger partial charge in [0.25, 0.3) is 11.8 Å². The van der Waals surface area contributed by atoms with E-state index in [-0.39, 0.29) is 24.2 Å². The van der Waals surface area contributed by atoms with E-state index in [9.17, 15) is 9.59 Å². The van der Waals surface area contributed by atoms with Gasteiger partial charge >= 0.3 is 0 Å². The first-order valence-corrected chi connectivity index (χ1v) is 10.2. The summed E-state index contributed by atoms with van der Waals surface area (Å²) >= 11 is 1.43. The molecule has 2 heterocycles. The zero-order chi connectivity index (χ0) is 20.9. The fourth-order valence-electron chi connectivity index (χ4n) is 2.81. The van der Waals surface area contributed by atoms with E-state index in [4.69, 9.17) is 9.15 Å². The van der Waals surface area contributed by atoms with Gasteiger partial charge < -0.3 is 14.5 Å². The van der Waals surface area contributed by atoms with Gasteiger partial charge in [-0.1, -0.05) is 30.4 Å². The lowest BCUT2D eigenvalue weighted by Crippen LogP contribution is -2.20. The van der Waals surface area contributed by atoms with Gasteiger partial charge in [-0.25, -0.2) is 4.98 Å². The second kappa shape index (κ2) is 8.79.